The summed E-state index contributed by atoms with van der Waals surface area (Å²) in [7, 11) is 0. The monoisotopic (exact) mass is 204 g/mol. The zero-order valence-electron chi connectivity index (χ0n) is 8.49. The number of aromatic nitrogens is 1. The lowest BCUT2D eigenvalue weighted by atomic mass is 10.2. The van der Waals surface area contributed by atoms with Crippen molar-refractivity contribution in [1.29, 1.82) is 0 Å². The van der Waals surface area contributed by atoms with E-state index in [-0.39, 0.29) is 0 Å². The molecule has 0 atom stereocenters. The normalized spacial score (nSPS) is 16.6. The molecule has 1 aromatic carbocycles. The molecule has 0 amide bonds. The summed E-state index contributed by atoms with van der Waals surface area (Å²) in [6, 6.07) is 6.40. The fourth-order valence-corrected chi connectivity index (χ4v) is 1.68. The number of fused-ring (bicyclic) bond motifs is 1. The molecule has 0 saturated carbocycles. The molecule has 2 heterocycles. The first-order valence-corrected chi connectivity index (χ1v) is 5.03. The summed E-state index contributed by atoms with van der Waals surface area (Å²) in [6.07, 6.45) is 0. The van der Waals surface area contributed by atoms with E-state index in [1.54, 1.807) is 0 Å². The Morgan fingerprint density at radius 1 is 1.40 bits per heavy atom. The average molecular weight is 204 g/mol. The number of hydrogen-bond acceptors (Lipinski definition) is 4. The Bertz CT molecular complexity index is 488. The number of rotatable bonds is 2. The molecule has 1 aliphatic heterocycles. The highest BCUT2D eigenvalue weighted by molar-refractivity contribution is 5.77. The Kier molecular flexibility index (Phi) is 1.89. The summed E-state index contributed by atoms with van der Waals surface area (Å²) < 4.78 is 10.6. The van der Waals surface area contributed by atoms with Crippen LogP contribution >= 0.6 is 0 Å². The predicted octanol–water partition coefficient (Wildman–Crippen LogP) is 1.95. The van der Waals surface area contributed by atoms with Crippen molar-refractivity contribution < 1.29 is 9.15 Å². The second kappa shape index (κ2) is 3.24. The molecule has 4 nitrogen and oxygen atoms in total. The van der Waals surface area contributed by atoms with Crippen molar-refractivity contribution >= 4 is 16.8 Å². The Morgan fingerprint density at radius 2 is 2.27 bits per heavy atom. The summed E-state index contributed by atoms with van der Waals surface area (Å²) in [5.74, 6) is 0.703. The fraction of sp³-hybridized carbons (Fsp3) is 0.364. The van der Waals surface area contributed by atoms with Gasteiger partial charge in [-0.1, -0.05) is 0 Å². The lowest BCUT2D eigenvalue weighted by Crippen LogP contribution is -2.40. The van der Waals surface area contributed by atoms with E-state index in [0.717, 1.165) is 30.0 Å². The van der Waals surface area contributed by atoms with Crippen LogP contribution in [0.15, 0.2) is 22.6 Å². The second-order valence-electron chi connectivity index (χ2n) is 3.79. The van der Waals surface area contributed by atoms with Crippen LogP contribution in [0.5, 0.6) is 0 Å². The van der Waals surface area contributed by atoms with Crippen molar-refractivity contribution in [3.63, 3.8) is 0 Å². The molecule has 0 aliphatic carbocycles. The van der Waals surface area contributed by atoms with E-state index >= 15 is 0 Å². The highest BCUT2D eigenvalue weighted by Gasteiger charge is 2.17. The van der Waals surface area contributed by atoms with Crippen LogP contribution in [0, 0.1) is 6.92 Å². The zero-order chi connectivity index (χ0) is 10.3. The van der Waals surface area contributed by atoms with Gasteiger partial charge in [0, 0.05) is 18.7 Å². The van der Waals surface area contributed by atoms with Gasteiger partial charge in [-0.25, -0.2) is 4.98 Å². The number of anilines is 1. The van der Waals surface area contributed by atoms with Crippen molar-refractivity contribution in [1.82, 2.24) is 4.98 Å². The minimum absolute atomic E-state index is 0.437. The van der Waals surface area contributed by atoms with Crippen molar-refractivity contribution in [3.05, 3.63) is 24.1 Å². The van der Waals surface area contributed by atoms with Gasteiger partial charge in [-0.3, -0.25) is 0 Å². The molecule has 0 bridgehead atoms. The molecule has 0 radical (unpaired) electrons. The third-order valence-corrected chi connectivity index (χ3v) is 2.50. The molecule has 1 saturated heterocycles. The van der Waals surface area contributed by atoms with Crippen LogP contribution in [0.25, 0.3) is 11.1 Å². The van der Waals surface area contributed by atoms with Crippen LogP contribution in [0.1, 0.15) is 5.89 Å². The van der Waals surface area contributed by atoms with E-state index in [4.69, 9.17) is 9.15 Å². The minimum atomic E-state index is 0.437. The van der Waals surface area contributed by atoms with Gasteiger partial charge in [0.05, 0.1) is 19.3 Å². The number of ether oxygens (including phenoxy) is 1. The summed E-state index contributed by atoms with van der Waals surface area (Å²) in [5.41, 5.74) is 2.80. The van der Waals surface area contributed by atoms with Gasteiger partial charge in [0.1, 0.15) is 5.52 Å². The number of hydrogen-bond donors (Lipinski definition) is 1. The summed E-state index contributed by atoms with van der Waals surface area (Å²) in [4.78, 5) is 4.25. The number of oxazole rings is 1. The van der Waals surface area contributed by atoms with Crippen LogP contribution in [-0.2, 0) is 4.74 Å². The molecular formula is C11H12N2O2. The van der Waals surface area contributed by atoms with Gasteiger partial charge >= 0.3 is 0 Å². The van der Waals surface area contributed by atoms with E-state index in [0.29, 0.717) is 11.9 Å². The van der Waals surface area contributed by atoms with Gasteiger partial charge < -0.3 is 14.5 Å². The molecule has 4 heteroatoms. The zero-order valence-corrected chi connectivity index (χ0v) is 8.49. The number of benzene rings is 1. The van der Waals surface area contributed by atoms with Crippen molar-refractivity contribution in [2.45, 2.75) is 13.0 Å². The van der Waals surface area contributed by atoms with E-state index in [2.05, 4.69) is 10.3 Å². The molecule has 3 rings (SSSR count). The molecule has 1 fully saturated rings. The molecule has 78 valence electrons. The second-order valence-corrected chi connectivity index (χ2v) is 3.79. The Hall–Kier alpha value is -1.55. The summed E-state index contributed by atoms with van der Waals surface area (Å²) >= 11 is 0. The predicted molar refractivity (Wildman–Crippen MR) is 57.0 cm³/mol. The van der Waals surface area contributed by atoms with Crippen LogP contribution in [0.3, 0.4) is 0 Å². The number of nitrogens with one attached hydrogen (secondary N) is 1. The SMILES string of the molecule is Cc1nc2ccc(NC3COC3)cc2o1. The summed E-state index contributed by atoms with van der Waals surface area (Å²) in [6.45, 7) is 3.42. The molecule has 1 aromatic heterocycles. The Morgan fingerprint density at radius 3 is 3.00 bits per heavy atom. The molecule has 2 aromatic rings. The third-order valence-electron chi connectivity index (χ3n) is 2.50. The molecule has 1 N–H and O–H groups in total. The highest BCUT2D eigenvalue weighted by atomic mass is 16.5. The van der Waals surface area contributed by atoms with Gasteiger partial charge in [-0.05, 0) is 12.1 Å². The van der Waals surface area contributed by atoms with Crippen LogP contribution in [0.4, 0.5) is 5.69 Å². The van der Waals surface area contributed by atoms with E-state index in [1.807, 2.05) is 25.1 Å². The molecule has 15 heavy (non-hydrogen) atoms. The van der Waals surface area contributed by atoms with Crippen molar-refractivity contribution in [3.8, 4) is 0 Å². The lowest BCUT2D eigenvalue weighted by Gasteiger charge is -2.27. The lowest BCUT2D eigenvalue weighted by molar-refractivity contribution is 0.0211. The first-order valence-electron chi connectivity index (χ1n) is 5.03. The largest absolute Gasteiger partial charge is 0.441 e. The quantitative estimate of drug-likeness (QED) is 0.812. The van der Waals surface area contributed by atoms with Gasteiger partial charge in [-0.15, -0.1) is 0 Å². The fourth-order valence-electron chi connectivity index (χ4n) is 1.68. The van der Waals surface area contributed by atoms with Crippen molar-refractivity contribution in [2.75, 3.05) is 18.5 Å². The van der Waals surface area contributed by atoms with Crippen LogP contribution in [-0.4, -0.2) is 24.2 Å². The minimum Gasteiger partial charge on any atom is -0.441 e. The number of aryl methyl sites for hydroxylation is 1. The molecule has 0 spiro atoms. The first-order chi connectivity index (χ1) is 7.31. The van der Waals surface area contributed by atoms with E-state index < -0.39 is 0 Å². The van der Waals surface area contributed by atoms with Gasteiger partial charge in [-0.2, -0.15) is 0 Å². The van der Waals surface area contributed by atoms with Gasteiger partial charge in [0.15, 0.2) is 11.5 Å². The van der Waals surface area contributed by atoms with E-state index in [9.17, 15) is 0 Å². The third kappa shape index (κ3) is 1.57. The van der Waals surface area contributed by atoms with Gasteiger partial charge in [0.25, 0.3) is 0 Å². The van der Waals surface area contributed by atoms with E-state index in [1.165, 1.54) is 0 Å². The maximum Gasteiger partial charge on any atom is 0.192 e. The first kappa shape index (κ1) is 8.73. The summed E-state index contributed by atoms with van der Waals surface area (Å²) in [5, 5.41) is 3.37. The highest BCUT2D eigenvalue weighted by Crippen LogP contribution is 2.21. The maximum atomic E-state index is 5.46. The molecule has 0 unspecified atom stereocenters. The molecular weight excluding hydrogens is 192 g/mol. The van der Waals surface area contributed by atoms with Crippen molar-refractivity contribution in [2.24, 2.45) is 0 Å². The van der Waals surface area contributed by atoms with Crippen LogP contribution in [0.2, 0.25) is 0 Å². The molecule has 1 aliphatic rings. The number of nitrogens with zero attached hydrogens (tertiary/aromatic N) is 1. The maximum absolute atomic E-state index is 5.46. The standard InChI is InChI=1S/C11H12N2O2/c1-7-12-10-3-2-8(4-11(10)15-7)13-9-5-14-6-9/h2-4,9,13H,5-6H2,1H3. The van der Waals surface area contributed by atoms with Crippen LogP contribution < -0.4 is 5.32 Å². The average Bonchev–Trinajstić information content (AvgIpc) is 2.50. The Labute approximate surface area is 87.2 Å². The van der Waals surface area contributed by atoms with Gasteiger partial charge in [0.2, 0.25) is 0 Å². The smallest absolute Gasteiger partial charge is 0.192 e. The Balaban J connectivity index is 1.90. The topological polar surface area (TPSA) is 47.3 Å².